The Hall–Kier alpha value is -5.21. The van der Waals surface area contributed by atoms with Gasteiger partial charge in [0.25, 0.3) is 5.56 Å². The van der Waals surface area contributed by atoms with Crippen LogP contribution < -0.4 is 5.56 Å². The number of hydrogen-bond acceptors (Lipinski definition) is 1. The standard InChI is InChI=1S/C37H21NO/c39-37-33-14-6-5-13-28(33)30-16-8-18-32-31-17-7-15-23(35(31)38(37)36(30)32)22-19-20-29-26-11-2-1-9-24(26)25-10-3-4-12-27(25)34(29)21-22/h1-21H. The molecular weight excluding hydrogens is 474 g/mol. The number of rotatable bonds is 1. The van der Waals surface area contributed by atoms with Gasteiger partial charge in [0.05, 0.1) is 11.0 Å². The Kier molecular flexibility index (Phi) is 3.96. The van der Waals surface area contributed by atoms with E-state index < -0.39 is 0 Å². The van der Waals surface area contributed by atoms with Gasteiger partial charge < -0.3 is 0 Å². The SMILES string of the molecule is O=c1c2ccccc2c2cccc3c4cccc(-c5ccc6c7ccccc7c7ccccc7c6c5)c4n1c23. The van der Waals surface area contributed by atoms with E-state index in [9.17, 15) is 4.79 Å². The van der Waals surface area contributed by atoms with Crippen molar-refractivity contribution in [1.82, 2.24) is 4.40 Å². The van der Waals surface area contributed by atoms with E-state index in [0.717, 1.165) is 49.1 Å². The smallest absolute Gasteiger partial charge is 0.263 e. The van der Waals surface area contributed by atoms with Gasteiger partial charge >= 0.3 is 0 Å². The molecule has 0 fully saturated rings. The van der Waals surface area contributed by atoms with E-state index in [-0.39, 0.29) is 5.56 Å². The van der Waals surface area contributed by atoms with E-state index in [1.165, 1.54) is 32.3 Å². The van der Waals surface area contributed by atoms with Crippen molar-refractivity contribution >= 4 is 70.3 Å². The molecule has 180 valence electrons. The highest BCUT2D eigenvalue weighted by Gasteiger charge is 2.19. The predicted octanol–water partition coefficient (Wildman–Crippen LogP) is 9.32. The molecule has 0 saturated heterocycles. The number of benzene rings is 7. The Labute approximate surface area is 223 Å². The van der Waals surface area contributed by atoms with Crippen LogP contribution in [0.3, 0.4) is 0 Å². The van der Waals surface area contributed by atoms with Crippen LogP contribution in [-0.2, 0) is 0 Å². The molecule has 0 aliphatic rings. The highest BCUT2D eigenvalue weighted by atomic mass is 16.1. The van der Waals surface area contributed by atoms with Crippen LogP contribution in [0.15, 0.2) is 132 Å². The van der Waals surface area contributed by atoms with Gasteiger partial charge in [0.2, 0.25) is 0 Å². The van der Waals surface area contributed by atoms with E-state index in [4.69, 9.17) is 0 Å². The van der Waals surface area contributed by atoms with Crippen LogP contribution in [0.2, 0.25) is 0 Å². The summed E-state index contributed by atoms with van der Waals surface area (Å²) in [6, 6.07) is 44.9. The first-order valence-electron chi connectivity index (χ1n) is 13.3. The molecule has 0 aliphatic heterocycles. The minimum Gasteiger partial charge on any atom is -0.274 e. The maximum absolute atomic E-state index is 14.0. The molecule has 0 bridgehead atoms. The maximum atomic E-state index is 14.0. The molecule has 0 saturated carbocycles. The number of aromatic nitrogens is 1. The quantitative estimate of drug-likeness (QED) is 0.208. The lowest BCUT2D eigenvalue weighted by atomic mass is 9.91. The van der Waals surface area contributed by atoms with Crippen molar-refractivity contribution in [2.75, 3.05) is 0 Å². The second kappa shape index (κ2) is 7.43. The van der Waals surface area contributed by atoms with Gasteiger partial charge in [0, 0.05) is 27.1 Å². The number of pyridine rings is 1. The van der Waals surface area contributed by atoms with Crippen molar-refractivity contribution in [3.05, 3.63) is 138 Å². The molecular formula is C37H21NO. The molecule has 2 heteroatoms. The normalized spacial score (nSPS) is 12.2. The lowest BCUT2D eigenvalue weighted by molar-refractivity contribution is 1.21. The number of fused-ring (bicyclic) bond motifs is 11. The largest absolute Gasteiger partial charge is 0.274 e. The lowest BCUT2D eigenvalue weighted by Gasteiger charge is -2.13. The molecule has 39 heavy (non-hydrogen) atoms. The third-order valence-electron chi connectivity index (χ3n) is 8.52. The van der Waals surface area contributed by atoms with Crippen molar-refractivity contribution in [1.29, 1.82) is 0 Å². The second-order valence-electron chi connectivity index (χ2n) is 10.4. The van der Waals surface area contributed by atoms with E-state index >= 15 is 0 Å². The van der Waals surface area contributed by atoms with E-state index in [0.29, 0.717) is 0 Å². The van der Waals surface area contributed by atoms with E-state index in [2.05, 4.69) is 109 Å². The van der Waals surface area contributed by atoms with Crippen molar-refractivity contribution < 1.29 is 0 Å². The molecule has 0 aliphatic carbocycles. The van der Waals surface area contributed by atoms with Crippen molar-refractivity contribution in [2.24, 2.45) is 0 Å². The molecule has 7 aromatic carbocycles. The van der Waals surface area contributed by atoms with Crippen LogP contribution >= 0.6 is 0 Å². The fraction of sp³-hybridized carbons (Fsp3) is 0. The minimum absolute atomic E-state index is 0.0361. The Morgan fingerprint density at radius 1 is 0.359 bits per heavy atom. The van der Waals surface area contributed by atoms with Gasteiger partial charge in [-0.2, -0.15) is 0 Å². The Bertz CT molecular complexity index is 2480. The zero-order chi connectivity index (χ0) is 25.7. The van der Waals surface area contributed by atoms with Gasteiger partial charge in [-0.1, -0.05) is 115 Å². The summed E-state index contributed by atoms with van der Waals surface area (Å²) in [5.41, 5.74) is 4.20. The van der Waals surface area contributed by atoms with Gasteiger partial charge in [-0.3, -0.25) is 9.20 Å². The monoisotopic (exact) mass is 495 g/mol. The maximum Gasteiger partial charge on any atom is 0.263 e. The first-order chi connectivity index (χ1) is 19.3. The molecule has 2 aromatic heterocycles. The summed E-state index contributed by atoms with van der Waals surface area (Å²) < 4.78 is 1.96. The number of hydrogen-bond donors (Lipinski definition) is 0. The molecule has 0 amide bonds. The topological polar surface area (TPSA) is 21.5 Å². The highest BCUT2D eigenvalue weighted by Crippen LogP contribution is 2.41. The average molecular weight is 496 g/mol. The van der Waals surface area contributed by atoms with Crippen molar-refractivity contribution in [3.63, 3.8) is 0 Å². The van der Waals surface area contributed by atoms with Crippen molar-refractivity contribution in [2.45, 2.75) is 0 Å². The van der Waals surface area contributed by atoms with Gasteiger partial charge in [0.15, 0.2) is 0 Å². The molecule has 0 N–H and O–H groups in total. The molecule has 0 spiro atoms. The van der Waals surface area contributed by atoms with Crippen LogP contribution in [-0.4, -0.2) is 4.40 Å². The molecule has 9 rings (SSSR count). The van der Waals surface area contributed by atoms with Crippen molar-refractivity contribution in [3.8, 4) is 11.1 Å². The first-order valence-corrected chi connectivity index (χ1v) is 13.3. The van der Waals surface area contributed by atoms with Gasteiger partial charge in [-0.25, -0.2) is 0 Å². The fourth-order valence-corrected chi connectivity index (χ4v) is 6.87. The lowest BCUT2D eigenvalue weighted by Crippen LogP contribution is -2.13. The van der Waals surface area contributed by atoms with Crippen LogP contribution in [0.4, 0.5) is 0 Å². The summed E-state index contributed by atoms with van der Waals surface area (Å²) in [5.74, 6) is 0. The van der Waals surface area contributed by atoms with Crippen LogP contribution in [0, 0.1) is 0 Å². The second-order valence-corrected chi connectivity index (χ2v) is 10.4. The molecule has 0 atom stereocenters. The fourth-order valence-electron chi connectivity index (χ4n) is 6.87. The molecule has 2 heterocycles. The third-order valence-corrected chi connectivity index (χ3v) is 8.52. The van der Waals surface area contributed by atoms with Gasteiger partial charge in [-0.05, 0) is 55.4 Å². The summed E-state index contributed by atoms with van der Waals surface area (Å²) in [5, 5.41) is 12.6. The Morgan fingerprint density at radius 2 is 0.795 bits per heavy atom. The summed E-state index contributed by atoms with van der Waals surface area (Å²) in [4.78, 5) is 14.0. The summed E-state index contributed by atoms with van der Waals surface area (Å²) in [7, 11) is 0. The first kappa shape index (κ1) is 20.8. The Morgan fingerprint density at radius 3 is 1.44 bits per heavy atom. The van der Waals surface area contributed by atoms with E-state index in [1.54, 1.807) is 0 Å². The molecule has 9 aromatic rings. The molecule has 0 unspecified atom stereocenters. The molecule has 0 radical (unpaired) electrons. The number of para-hydroxylation sites is 2. The third kappa shape index (κ3) is 2.63. The van der Waals surface area contributed by atoms with Gasteiger partial charge in [0.1, 0.15) is 0 Å². The Balaban J connectivity index is 1.47. The van der Waals surface area contributed by atoms with E-state index in [1.807, 2.05) is 22.6 Å². The zero-order valence-electron chi connectivity index (χ0n) is 21.0. The minimum atomic E-state index is 0.0361. The van der Waals surface area contributed by atoms with Crippen LogP contribution in [0.5, 0.6) is 0 Å². The predicted molar refractivity (Wildman–Crippen MR) is 165 cm³/mol. The van der Waals surface area contributed by atoms with Crippen LogP contribution in [0.1, 0.15) is 0 Å². The summed E-state index contributed by atoms with van der Waals surface area (Å²) in [6.45, 7) is 0. The van der Waals surface area contributed by atoms with Gasteiger partial charge in [-0.15, -0.1) is 0 Å². The summed E-state index contributed by atoms with van der Waals surface area (Å²) in [6.07, 6.45) is 0. The average Bonchev–Trinajstić information content (AvgIpc) is 3.35. The highest BCUT2D eigenvalue weighted by molar-refractivity contribution is 6.26. The molecule has 2 nitrogen and oxygen atoms in total. The zero-order valence-corrected chi connectivity index (χ0v) is 21.0. The summed E-state index contributed by atoms with van der Waals surface area (Å²) >= 11 is 0. The van der Waals surface area contributed by atoms with Crippen LogP contribution in [0.25, 0.3) is 81.4 Å². The number of nitrogens with zero attached hydrogens (tertiary/aromatic N) is 1.